The average Bonchev–Trinajstić information content (AvgIpc) is 2.04. The first kappa shape index (κ1) is 8.37. The van der Waals surface area contributed by atoms with Crippen molar-refractivity contribution in [3.8, 4) is 0 Å². The van der Waals surface area contributed by atoms with E-state index in [1.165, 1.54) is 19.3 Å². The highest BCUT2D eigenvalue weighted by molar-refractivity contribution is 5.85. The van der Waals surface area contributed by atoms with E-state index in [2.05, 4.69) is 12.1 Å². The van der Waals surface area contributed by atoms with Crippen LogP contribution in [0.4, 0.5) is 0 Å². The van der Waals surface area contributed by atoms with Gasteiger partial charge < -0.3 is 10.9 Å². The zero-order valence-corrected chi connectivity index (χ0v) is 7.01. The predicted octanol–water partition coefficient (Wildman–Crippen LogP) is 1.70. The smallest absolute Gasteiger partial charge is 0.145 e. The first-order valence-corrected chi connectivity index (χ1v) is 4.17. The van der Waals surface area contributed by atoms with Crippen molar-refractivity contribution in [3.63, 3.8) is 0 Å². The highest BCUT2D eigenvalue weighted by Gasteiger charge is 2.31. The van der Waals surface area contributed by atoms with Crippen molar-refractivity contribution in [2.75, 3.05) is 0 Å². The van der Waals surface area contributed by atoms with Gasteiger partial charge in [-0.3, -0.25) is 0 Å². The molecule has 3 heteroatoms. The monoisotopic (exact) mass is 156 g/mol. The van der Waals surface area contributed by atoms with Crippen LogP contribution in [0.3, 0.4) is 0 Å². The Kier molecular flexibility index (Phi) is 2.37. The lowest BCUT2D eigenvalue weighted by Gasteiger charge is -2.31. The summed E-state index contributed by atoms with van der Waals surface area (Å²) >= 11 is 0. The standard InChI is InChI=1S/C8H16N2O/c1-8(7(9)10-11)5-3-2-4-6-8/h11H,2-6H2,1H3,(H2,9,10). The van der Waals surface area contributed by atoms with Gasteiger partial charge in [0.15, 0.2) is 0 Å². The Bertz CT molecular complexity index is 159. The molecule has 0 amide bonds. The summed E-state index contributed by atoms with van der Waals surface area (Å²) in [6.45, 7) is 2.07. The van der Waals surface area contributed by atoms with E-state index in [9.17, 15) is 0 Å². The van der Waals surface area contributed by atoms with Crippen LogP contribution in [0.5, 0.6) is 0 Å². The molecule has 1 aliphatic carbocycles. The molecule has 0 bridgehead atoms. The number of rotatable bonds is 1. The van der Waals surface area contributed by atoms with E-state index in [0.29, 0.717) is 5.84 Å². The van der Waals surface area contributed by atoms with Crippen molar-refractivity contribution >= 4 is 5.84 Å². The number of nitrogens with two attached hydrogens (primary N) is 1. The zero-order chi connectivity index (χ0) is 8.32. The molecule has 1 fully saturated rings. The van der Waals surface area contributed by atoms with E-state index < -0.39 is 0 Å². The van der Waals surface area contributed by atoms with Crippen molar-refractivity contribution in [2.24, 2.45) is 16.3 Å². The number of hydrogen-bond donors (Lipinski definition) is 2. The maximum atomic E-state index is 8.52. The molecule has 1 aliphatic rings. The van der Waals surface area contributed by atoms with E-state index in [-0.39, 0.29) is 5.41 Å². The molecule has 0 spiro atoms. The number of hydrogen-bond acceptors (Lipinski definition) is 2. The van der Waals surface area contributed by atoms with E-state index >= 15 is 0 Å². The largest absolute Gasteiger partial charge is 0.409 e. The molecule has 0 saturated heterocycles. The van der Waals surface area contributed by atoms with Gasteiger partial charge in [0.1, 0.15) is 5.84 Å². The molecular formula is C8H16N2O. The minimum absolute atomic E-state index is 0.0347. The molecule has 3 N–H and O–H groups in total. The van der Waals surface area contributed by atoms with Crippen LogP contribution in [0.1, 0.15) is 39.0 Å². The van der Waals surface area contributed by atoms with Gasteiger partial charge in [0.25, 0.3) is 0 Å². The van der Waals surface area contributed by atoms with Gasteiger partial charge in [-0.25, -0.2) is 0 Å². The summed E-state index contributed by atoms with van der Waals surface area (Å²) in [5.74, 6) is 0.400. The zero-order valence-electron chi connectivity index (χ0n) is 7.01. The first-order valence-electron chi connectivity index (χ1n) is 4.17. The normalized spacial score (nSPS) is 25.0. The van der Waals surface area contributed by atoms with Crippen LogP contribution < -0.4 is 5.73 Å². The van der Waals surface area contributed by atoms with Crippen molar-refractivity contribution in [1.29, 1.82) is 0 Å². The Morgan fingerprint density at radius 3 is 2.36 bits per heavy atom. The Morgan fingerprint density at radius 2 is 1.91 bits per heavy atom. The van der Waals surface area contributed by atoms with Gasteiger partial charge >= 0.3 is 0 Å². The highest BCUT2D eigenvalue weighted by Crippen LogP contribution is 2.35. The van der Waals surface area contributed by atoms with Gasteiger partial charge in [-0.1, -0.05) is 31.3 Å². The minimum atomic E-state index is -0.0347. The molecule has 0 atom stereocenters. The van der Waals surface area contributed by atoms with Crippen molar-refractivity contribution in [1.82, 2.24) is 0 Å². The second-order valence-corrected chi connectivity index (χ2v) is 3.61. The summed E-state index contributed by atoms with van der Waals surface area (Å²) < 4.78 is 0. The fourth-order valence-corrected chi connectivity index (χ4v) is 1.71. The third kappa shape index (κ3) is 1.64. The summed E-state index contributed by atoms with van der Waals surface area (Å²) in [5, 5.41) is 11.6. The van der Waals surface area contributed by atoms with Gasteiger partial charge in [0, 0.05) is 5.41 Å². The van der Waals surface area contributed by atoms with Crippen LogP contribution in [0.25, 0.3) is 0 Å². The summed E-state index contributed by atoms with van der Waals surface area (Å²) in [6.07, 6.45) is 5.81. The third-order valence-electron chi connectivity index (χ3n) is 2.68. The average molecular weight is 156 g/mol. The molecule has 11 heavy (non-hydrogen) atoms. The maximum absolute atomic E-state index is 8.52. The van der Waals surface area contributed by atoms with Gasteiger partial charge in [0.05, 0.1) is 0 Å². The van der Waals surface area contributed by atoms with E-state index in [1.807, 2.05) is 0 Å². The summed E-state index contributed by atoms with van der Waals surface area (Å²) in [6, 6.07) is 0. The van der Waals surface area contributed by atoms with Gasteiger partial charge in [-0.05, 0) is 12.8 Å². The van der Waals surface area contributed by atoms with Crippen LogP contribution >= 0.6 is 0 Å². The summed E-state index contributed by atoms with van der Waals surface area (Å²) in [7, 11) is 0. The molecule has 64 valence electrons. The Balaban J connectivity index is 2.64. The molecule has 0 aromatic carbocycles. The quantitative estimate of drug-likeness (QED) is 0.263. The highest BCUT2D eigenvalue weighted by atomic mass is 16.4. The molecule has 1 saturated carbocycles. The molecule has 3 nitrogen and oxygen atoms in total. The fourth-order valence-electron chi connectivity index (χ4n) is 1.71. The molecule has 0 aliphatic heterocycles. The van der Waals surface area contributed by atoms with Crippen molar-refractivity contribution in [2.45, 2.75) is 39.0 Å². The maximum Gasteiger partial charge on any atom is 0.145 e. The van der Waals surface area contributed by atoms with Gasteiger partial charge in [0.2, 0.25) is 0 Å². The fraction of sp³-hybridized carbons (Fsp3) is 0.875. The first-order chi connectivity index (χ1) is 5.19. The SMILES string of the molecule is CC1(/C(N)=N/O)CCCCC1. The second-order valence-electron chi connectivity index (χ2n) is 3.61. The van der Waals surface area contributed by atoms with E-state index in [0.717, 1.165) is 12.8 Å². The lowest BCUT2D eigenvalue weighted by Crippen LogP contribution is -2.36. The number of nitrogens with zero attached hydrogens (tertiary/aromatic N) is 1. The third-order valence-corrected chi connectivity index (χ3v) is 2.68. The van der Waals surface area contributed by atoms with Crippen molar-refractivity contribution in [3.05, 3.63) is 0 Å². The molecule has 0 aromatic rings. The Morgan fingerprint density at radius 1 is 1.36 bits per heavy atom. The second kappa shape index (κ2) is 3.11. The summed E-state index contributed by atoms with van der Waals surface area (Å²) in [5.41, 5.74) is 5.55. The molecule has 1 rings (SSSR count). The van der Waals surface area contributed by atoms with Crippen LogP contribution in [-0.2, 0) is 0 Å². The molecule has 0 unspecified atom stereocenters. The molecule has 0 radical (unpaired) electrons. The van der Waals surface area contributed by atoms with Gasteiger partial charge in [-0.15, -0.1) is 0 Å². The van der Waals surface area contributed by atoms with Crippen molar-refractivity contribution < 1.29 is 5.21 Å². The molecule has 0 heterocycles. The number of oxime groups is 1. The van der Waals surface area contributed by atoms with E-state index in [1.54, 1.807) is 0 Å². The van der Waals surface area contributed by atoms with Gasteiger partial charge in [-0.2, -0.15) is 0 Å². The minimum Gasteiger partial charge on any atom is -0.409 e. The van der Waals surface area contributed by atoms with Crippen LogP contribution in [-0.4, -0.2) is 11.0 Å². The Hall–Kier alpha value is -0.730. The molecular weight excluding hydrogens is 140 g/mol. The lowest BCUT2D eigenvalue weighted by atomic mass is 9.75. The van der Waals surface area contributed by atoms with E-state index in [4.69, 9.17) is 10.9 Å². The topological polar surface area (TPSA) is 58.6 Å². The lowest BCUT2D eigenvalue weighted by molar-refractivity contribution is 0.273. The van der Waals surface area contributed by atoms with Crippen LogP contribution in [0.2, 0.25) is 0 Å². The predicted molar refractivity (Wildman–Crippen MR) is 44.6 cm³/mol. The summed E-state index contributed by atoms with van der Waals surface area (Å²) in [4.78, 5) is 0. The van der Waals surface area contributed by atoms with Crippen LogP contribution in [0.15, 0.2) is 5.16 Å². The number of amidine groups is 1. The Labute approximate surface area is 67.3 Å². The van der Waals surface area contributed by atoms with Crippen LogP contribution in [0, 0.1) is 5.41 Å². The molecule has 0 aromatic heterocycles.